The van der Waals surface area contributed by atoms with Gasteiger partial charge < -0.3 is 10.2 Å². The molecule has 1 atom stereocenters. The van der Waals surface area contributed by atoms with Crippen LogP contribution in [0, 0.1) is 17.2 Å². The van der Waals surface area contributed by atoms with E-state index in [4.69, 9.17) is 0 Å². The highest BCUT2D eigenvalue weighted by molar-refractivity contribution is 5.93. The van der Waals surface area contributed by atoms with Crippen molar-refractivity contribution < 1.29 is 14.0 Å². The molecule has 1 unspecified atom stereocenters. The largest absolute Gasteiger partial charge is 0.341 e. The van der Waals surface area contributed by atoms with Crippen molar-refractivity contribution in [2.45, 2.75) is 33.6 Å². The molecule has 120 valence electrons. The van der Waals surface area contributed by atoms with Crippen LogP contribution in [0.25, 0.3) is 0 Å². The second-order valence-electron chi connectivity index (χ2n) is 6.84. The van der Waals surface area contributed by atoms with Crippen LogP contribution in [-0.4, -0.2) is 29.8 Å². The van der Waals surface area contributed by atoms with Gasteiger partial charge in [-0.1, -0.05) is 20.8 Å². The molecule has 1 N–H and O–H groups in total. The second-order valence-corrected chi connectivity index (χ2v) is 6.84. The Bertz CT molecular complexity index is 549. The highest BCUT2D eigenvalue weighted by Gasteiger charge is 2.33. The fourth-order valence-electron chi connectivity index (χ4n) is 2.63. The van der Waals surface area contributed by atoms with E-state index in [0.29, 0.717) is 18.8 Å². The maximum atomic E-state index is 12.9. The number of benzene rings is 1. The van der Waals surface area contributed by atoms with Gasteiger partial charge in [0, 0.05) is 24.2 Å². The highest BCUT2D eigenvalue weighted by Crippen LogP contribution is 2.24. The lowest BCUT2D eigenvalue weighted by Gasteiger charge is -2.35. The van der Waals surface area contributed by atoms with E-state index in [-0.39, 0.29) is 23.5 Å². The van der Waals surface area contributed by atoms with Gasteiger partial charge in [-0.2, -0.15) is 0 Å². The minimum atomic E-state index is -0.435. The molecule has 0 radical (unpaired) electrons. The zero-order valence-electron chi connectivity index (χ0n) is 13.4. The summed E-state index contributed by atoms with van der Waals surface area (Å²) in [7, 11) is 0. The van der Waals surface area contributed by atoms with Gasteiger partial charge in [-0.15, -0.1) is 0 Å². The van der Waals surface area contributed by atoms with Gasteiger partial charge in [-0.05, 0) is 37.1 Å². The fourth-order valence-corrected chi connectivity index (χ4v) is 2.63. The quantitative estimate of drug-likeness (QED) is 0.913. The first-order valence-corrected chi connectivity index (χ1v) is 7.63. The molecular formula is C17H23FN2O2. The second kappa shape index (κ2) is 6.46. The lowest BCUT2D eigenvalue weighted by atomic mass is 9.91. The van der Waals surface area contributed by atoms with Gasteiger partial charge in [0.05, 0.1) is 5.92 Å². The van der Waals surface area contributed by atoms with Crippen molar-refractivity contribution in [3.8, 4) is 0 Å². The van der Waals surface area contributed by atoms with Crippen LogP contribution in [0.15, 0.2) is 24.3 Å². The van der Waals surface area contributed by atoms with Crippen LogP contribution in [0.3, 0.4) is 0 Å². The van der Waals surface area contributed by atoms with Gasteiger partial charge in [0.2, 0.25) is 11.8 Å². The number of rotatable bonds is 2. The molecular weight excluding hydrogens is 283 g/mol. The number of carbonyl (C=O) groups is 2. The summed E-state index contributed by atoms with van der Waals surface area (Å²) < 4.78 is 12.9. The van der Waals surface area contributed by atoms with Crippen LogP contribution in [0.2, 0.25) is 0 Å². The average Bonchev–Trinajstić information content (AvgIpc) is 2.48. The van der Waals surface area contributed by atoms with Crippen LogP contribution in [-0.2, 0) is 9.59 Å². The Labute approximate surface area is 130 Å². The Morgan fingerprint density at radius 2 is 1.86 bits per heavy atom. The van der Waals surface area contributed by atoms with Crippen LogP contribution >= 0.6 is 0 Å². The summed E-state index contributed by atoms with van der Waals surface area (Å²) in [6.07, 6.45) is 1.59. The lowest BCUT2D eigenvalue weighted by molar-refractivity contribution is -0.142. The molecule has 2 amide bonds. The van der Waals surface area contributed by atoms with E-state index in [1.54, 1.807) is 4.90 Å². The third-order valence-corrected chi connectivity index (χ3v) is 3.83. The molecule has 1 heterocycles. The minimum Gasteiger partial charge on any atom is -0.341 e. The number of halogens is 1. The Kier molecular flexibility index (Phi) is 4.84. The monoisotopic (exact) mass is 306 g/mol. The van der Waals surface area contributed by atoms with E-state index < -0.39 is 5.41 Å². The third-order valence-electron chi connectivity index (χ3n) is 3.83. The smallest absolute Gasteiger partial charge is 0.229 e. The lowest BCUT2D eigenvalue weighted by Crippen LogP contribution is -2.47. The van der Waals surface area contributed by atoms with E-state index in [2.05, 4.69) is 5.32 Å². The Morgan fingerprint density at radius 1 is 1.23 bits per heavy atom. The number of amides is 2. The summed E-state index contributed by atoms with van der Waals surface area (Å²) >= 11 is 0. The Hall–Kier alpha value is -1.91. The van der Waals surface area contributed by atoms with Crippen molar-refractivity contribution in [3.05, 3.63) is 30.1 Å². The number of carbonyl (C=O) groups excluding carboxylic acids is 2. The number of piperidine rings is 1. The summed E-state index contributed by atoms with van der Waals surface area (Å²) in [6, 6.07) is 5.69. The third kappa shape index (κ3) is 4.06. The van der Waals surface area contributed by atoms with Gasteiger partial charge >= 0.3 is 0 Å². The molecule has 0 saturated carbocycles. The van der Waals surface area contributed by atoms with Gasteiger partial charge in [-0.25, -0.2) is 4.39 Å². The van der Waals surface area contributed by atoms with E-state index >= 15 is 0 Å². The SMILES string of the molecule is CC(C)(C)C(=O)N1CCCC(C(=O)Nc2ccc(F)cc2)C1. The molecule has 0 spiro atoms. The molecule has 1 aliphatic rings. The highest BCUT2D eigenvalue weighted by atomic mass is 19.1. The fraction of sp³-hybridized carbons (Fsp3) is 0.529. The average molecular weight is 306 g/mol. The van der Waals surface area contributed by atoms with Crippen LogP contribution < -0.4 is 5.32 Å². The topological polar surface area (TPSA) is 49.4 Å². The summed E-state index contributed by atoms with van der Waals surface area (Å²) in [5, 5.41) is 2.79. The molecule has 1 aromatic carbocycles. The molecule has 0 aliphatic carbocycles. The number of hydrogen-bond donors (Lipinski definition) is 1. The summed E-state index contributed by atoms with van der Waals surface area (Å²) in [5.41, 5.74) is 0.140. The molecule has 1 aliphatic heterocycles. The Balaban J connectivity index is 1.98. The van der Waals surface area contributed by atoms with Crippen molar-refractivity contribution in [3.63, 3.8) is 0 Å². The van der Waals surface area contributed by atoms with Gasteiger partial charge in [0.1, 0.15) is 5.82 Å². The van der Waals surface area contributed by atoms with Crippen molar-refractivity contribution in [1.82, 2.24) is 4.90 Å². The number of hydrogen-bond acceptors (Lipinski definition) is 2. The number of likely N-dealkylation sites (tertiary alicyclic amines) is 1. The van der Waals surface area contributed by atoms with Gasteiger partial charge in [0.15, 0.2) is 0 Å². The standard InChI is InChI=1S/C17H23FN2O2/c1-17(2,3)16(22)20-10-4-5-12(11-20)15(21)19-14-8-6-13(18)7-9-14/h6-9,12H,4-5,10-11H2,1-3H3,(H,19,21). The van der Waals surface area contributed by atoms with Crippen molar-refractivity contribution in [2.75, 3.05) is 18.4 Å². The Morgan fingerprint density at radius 3 is 2.45 bits per heavy atom. The summed E-state index contributed by atoms with van der Waals surface area (Å²) in [5.74, 6) is -0.590. The van der Waals surface area contributed by atoms with Crippen molar-refractivity contribution in [2.24, 2.45) is 11.3 Å². The maximum absolute atomic E-state index is 12.9. The molecule has 0 bridgehead atoms. The minimum absolute atomic E-state index is 0.0757. The van der Waals surface area contributed by atoms with Gasteiger partial charge in [0.25, 0.3) is 0 Å². The van der Waals surface area contributed by atoms with Crippen molar-refractivity contribution in [1.29, 1.82) is 0 Å². The predicted molar refractivity (Wildman–Crippen MR) is 83.8 cm³/mol. The predicted octanol–water partition coefficient (Wildman–Crippen LogP) is 3.05. The zero-order chi connectivity index (χ0) is 16.3. The first-order chi connectivity index (χ1) is 10.3. The van der Waals surface area contributed by atoms with Gasteiger partial charge in [-0.3, -0.25) is 9.59 Å². The molecule has 0 aromatic heterocycles. The molecule has 5 heteroatoms. The first kappa shape index (κ1) is 16.5. The number of anilines is 1. The number of nitrogens with zero attached hydrogens (tertiary/aromatic N) is 1. The zero-order valence-corrected chi connectivity index (χ0v) is 13.4. The molecule has 1 saturated heterocycles. The van der Waals surface area contributed by atoms with E-state index in [9.17, 15) is 14.0 Å². The van der Waals surface area contributed by atoms with E-state index in [0.717, 1.165) is 12.8 Å². The van der Waals surface area contributed by atoms with Crippen molar-refractivity contribution >= 4 is 17.5 Å². The summed E-state index contributed by atoms with van der Waals surface area (Å²) in [6.45, 7) is 6.81. The molecule has 1 aromatic rings. The maximum Gasteiger partial charge on any atom is 0.229 e. The number of nitrogens with one attached hydrogen (secondary N) is 1. The summed E-state index contributed by atoms with van der Waals surface area (Å²) in [4.78, 5) is 26.4. The normalized spacial score (nSPS) is 18.9. The molecule has 4 nitrogen and oxygen atoms in total. The molecule has 22 heavy (non-hydrogen) atoms. The van der Waals surface area contributed by atoms with Crippen LogP contribution in [0.5, 0.6) is 0 Å². The van der Waals surface area contributed by atoms with Crippen LogP contribution in [0.4, 0.5) is 10.1 Å². The van der Waals surface area contributed by atoms with Crippen LogP contribution in [0.1, 0.15) is 33.6 Å². The molecule has 2 rings (SSSR count). The first-order valence-electron chi connectivity index (χ1n) is 7.63. The van der Waals surface area contributed by atoms with E-state index in [1.807, 2.05) is 20.8 Å². The molecule has 1 fully saturated rings. The van der Waals surface area contributed by atoms with E-state index in [1.165, 1.54) is 24.3 Å².